The predicted octanol–water partition coefficient (Wildman–Crippen LogP) is 1.24. The Hall–Kier alpha value is -2.80. The van der Waals surface area contributed by atoms with Gasteiger partial charge in [0.25, 0.3) is 5.91 Å². The summed E-state index contributed by atoms with van der Waals surface area (Å²) in [7, 11) is 0. The number of carbonyl (C=O) groups excluding carboxylic acids is 1. The van der Waals surface area contributed by atoms with Crippen molar-refractivity contribution >= 4 is 11.6 Å². The smallest absolute Gasteiger partial charge is 0.272 e. The molecule has 4 rings (SSSR count). The van der Waals surface area contributed by atoms with E-state index in [0.29, 0.717) is 30.6 Å². The van der Waals surface area contributed by atoms with Crippen LogP contribution in [0.2, 0.25) is 0 Å². The number of aromatic nitrogens is 4. The molecule has 0 spiro atoms. The van der Waals surface area contributed by atoms with Crippen LogP contribution in [-0.2, 0) is 6.42 Å². The SMILES string of the molecule is O=C(N[C@@H](Cc1ccccn1)C1CC(O)C1)c1cc2ncccn2n1. The van der Waals surface area contributed by atoms with Crippen LogP contribution in [0, 0.1) is 5.92 Å². The Labute approximate surface area is 144 Å². The van der Waals surface area contributed by atoms with Gasteiger partial charge in [-0.3, -0.25) is 9.78 Å². The number of carbonyl (C=O) groups is 1. The fourth-order valence-corrected chi connectivity index (χ4v) is 3.22. The van der Waals surface area contributed by atoms with E-state index >= 15 is 0 Å². The number of nitrogens with one attached hydrogen (secondary N) is 1. The lowest BCUT2D eigenvalue weighted by atomic mass is 9.76. The summed E-state index contributed by atoms with van der Waals surface area (Å²) in [6.07, 6.45) is 6.93. The summed E-state index contributed by atoms with van der Waals surface area (Å²) in [6, 6.07) is 9.11. The minimum absolute atomic E-state index is 0.0800. The number of hydrogen-bond donors (Lipinski definition) is 2. The Morgan fingerprint density at radius 1 is 1.28 bits per heavy atom. The fraction of sp³-hybridized carbons (Fsp3) is 0.333. The molecule has 25 heavy (non-hydrogen) atoms. The van der Waals surface area contributed by atoms with Gasteiger partial charge in [-0.25, -0.2) is 9.50 Å². The summed E-state index contributed by atoms with van der Waals surface area (Å²) in [4.78, 5) is 21.2. The van der Waals surface area contributed by atoms with Gasteiger partial charge in [0.1, 0.15) is 0 Å². The molecular weight excluding hydrogens is 318 g/mol. The van der Waals surface area contributed by atoms with Crippen LogP contribution in [0.5, 0.6) is 0 Å². The number of pyridine rings is 1. The summed E-state index contributed by atoms with van der Waals surface area (Å²) < 4.78 is 1.58. The molecule has 7 nitrogen and oxygen atoms in total. The maximum Gasteiger partial charge on any atom is 0.272 e. The normalized spacial score (nSPS) is 20.8. The van der Waals surface area contributed by atoms with E-state index in [2.05, 4.69) is 20.4 Å². The Morgan fingerprint density at radius 3 is 2.84 bits per heavy atom. The second-order valence-electron chi connectivity index (χ2n) is 6.44. The highest BCUT2D eigenvalue weighted by atomic mass is 16.3. The minimum atomic E-state index is -0.271. The van der Waals surface area contributed by atoms with Gasteiger partial charge >= 0.3 is 0 Å². The molecule has 1 fully saturated rings. The third kappa shape index (κ3) is 3.36. The molecule has 0 aromatic carbocycles. The van der Waals surface area contributed by atoms with Crippen molar-refractivity contribution in [2.45, 2.75) is 31.4 Å². The van der Waals surface area contributed by atoms with Gasteiger partial charge in [-0.1, -0.05) is 6.07 Å². The van der Waals surface area contributed by atoms with Crippen LogP contribution in [0.4, 0.5) is 0 Å². The molecule has 3 aromatic heterocycles. The first-order valence-electron chi connectivity index (χ1n) is 8.38. The van der Waals surface area contributed by atoms with Gasteiger partial charge < -0.3 is 10.4 Å². The fourth-order valence-electron chi connectivity index (χ4n) is 3.22. The van der Waals surface area contributed by atoms with Gasteiger partial charge in [0.05, 0.1) is 6.10 Å². The van der Waals surface area contributed by atoms with E-state index in [1.807, 2.05) is 18.2 Å². The third-order valence-corrected chi connectivity index (χ3v) is 4.66. The molecule has 1 aliphatic rings. The van der Waals surface area contributed by atoms with Crippen LogP contribution in [0.15, 0.2) is 48.9 Å². The zero-order valence-corrected chi connectivity index (χ0v) is 13.6. The maximum absolute atomic E-state index is 12.6. The van der Waals surface area contributed by atoms with Crippen molar-refractivity contribution < 1.29 is 9.90 Å². The lowest BCUT2D eigenvalue weighted by molar-refractivity contribution is 0.0237. The molecule has 1 saturated carbocycles. The van der Waals surface area contributed by atoms with Crippen molar-refractivity contribution in [3.05, 3.63) is 60.3 Å². The molecule has 1 amide bonds. The molecule has 1 aliphatic carbocycles. The van der Waals surface area contributed by atoms with Crippen LogP contribution in [0.25, 0.3) is 5.65 Å². The molecule has 0 unspecified atom stereocenters. The molecule has 0 radical (unpaired) electrons. The van der Waals surface area contributed by atoms with Crippen LogP contribution in [0.1, 0.15) is 29.0 Å². The van der Waals surface area contributed by atoms with Gasteiger partial charge in [-0.05, 0) is 37.0 Å². The monoisotopic (exact) mass is 337 g/mol. The summed E-state index contributed by atoms with van der Waals surface area (Å²) in [5, 5.41) is 17.0. The molecule has 7 heteroatoms. The standard InChI is InChI=1S/C18H19N5O2/c24-14-8-12(9-14)15(10-13-4-1-2-5-19-13)21-18(25)16-11-17-20-6-3-7-23(17)22-16/h1-7,11-12,14-15,24H,8-10H2,(H,21,25)/t12?,14?,15-/m0/s1. The molecular formula is C18H19N5O2. The topological polar surface area (TPSA) is 92.4 Å². The third-order valence-electron chi connectivity index (χ3n) is 4.66. The summed E-state index contributed by atoms with van der Waals surface area (Å²) in [6.45, 7) is 0. The highest BCUT2D eigenvalue weighted by Gasteiger charge is 2.35. The van der Waals surface area contributed by atoms with Gasteiger partial charge in [0.2, 0.25) is 0 Å². The molecule has 0 aliphatic heterocycles. The van der Waals surface area contributed by atoms with E-state index in [4.69, 9.17) is 0 Å². The molecule has 1 atom stereocenters. The quantitative estimate of drug-likeness (QED) is 0.731. The van der Waals surface area contributed by atoms with E-state index < -0.39 is 0 Å². The molecule has 2 N–H and O–H groups in total. The average molecular weight is 337 g/mol. The Morgan fingerprint density at radius 2 is 2.12 bits per heavy atom. The average Bonchev–Trinajstić information content (AvgIpc) is 3.04. The summed E-state index contributed by atoms with van der Waals surface area (Å²) in [5.41, 5.74) is 1.89. The van der Waals surface area contributed by atoms with Gasteiger partial charge in [-0.15, -0.1) is 0 Å². The number of amides is 1. The van der Waals surface area contributed by atoms with Gasteiger partial charge in [-0.2, -0.15) is 5.10 Å². The lowest BCUT2D eigenvalue weighted by Crippen LogP contribution is -2.48. The van der Waals surface area contributed by atoms with Crippen molar-refractivity contribution in [1.82, 2.24) is 24.9 Å². The number of hydrogen-bond acceptors (Lipinski definition) is 5. The van der Waals surface area contributed by atoms with Crippen LogP contribution in [0.3, 0.4) is 0 Å². The van der Waals surface area contributed by atoms with Crippen molar-refractivity contribution in [1.29, 1.82) is 0 Å². The Bertz CT molecular complexity index is 840. The van der Waals surface area contributed by atoms with E-state index in [9.17, 15) is 9.90 Å². The van der Waals surface area contributed by atoms with Crippen LogP contribution >= 0.6 is 0 Å². The first-order valence-corrected chi connectivity index (χ1v) is 8.38. The second kappa shape index (κ2) is 6.60. The molecule has 0 saturated heterocycles. The highest BCUT2D eigenvalue weighted by Crippen LogP contribution is 2.31. The number of aliphatic hydroxyl groups excluding tert-OH is 1. The number of aliphatic hydroxyl groups is 1. The van der Waals surface area contributed by atoms with Crippen molar-refractivity contribution in [2.24, 2.45) is 5.92 Å². The van der Waals surface area contributed by atoms with Crippen molar-refractivity contribution in [2.75, 3.05) is 0 Å². The van der Waals surface area contributed by atoms with E-state index in [-0.39, 0.29) is 24.0 Å². The largest absolute Gasteiger partial charge is 0.393 e. The number of nitrogens with zero attached hydrogens (tertiary/aromatic N) is 4. The lowest BCUT2D eigenvalue weighted by Gasteiger charge is -2.37. The zero-order valence-electron chi connectivity index (χ0n) is 13.6. The minimum Gasteiger partial charge on any atom is -0.393 e. The molecule has 0 bridgehead atoms. The van der Waals surface area contributed by atoms with Crippen LogP contribution < -0.4 is 5.32 Å². The van der Waals surface area contributed by atoms with Crippen LogP contribution in [-0.4, -0.2) is 42.7 Å². The van der Waals surface area contributed by atoms with Crippen molar-refractivity contribution in [3.63, 3.8) is 0 Å². The maximum atomic E-state index is 12.6. The number of rotatable bonds is 5. The van der Waals surface area contributed by atoms with E-state index in [0.717, 1.165) is 5.69 Å². The summed E-state index contributed by atoms with van der Waals surface area (Å²) >= 11 is 0. The Kier molecular flexibility index (Phi) is 4.15. The molecule has 3 heterocycles. The van der Waals surface area contributed by atoms with E-state index in [1.54, 1.807) is 35.2 Å². The number of fused-ring (bicyclic) bond motifs is 1. The molecule has 3 aromatic rings. The predicted molar refractivity (Wildman–Crippen MR) is 90.9 cm³/mol. The first-order chi connectivity index (χ1) is 12.2. The van der Waals surface area contributed by atoms with E-state index in [1.165, 1.54) is 0 Å². The highest BCUT2D eigenvalue weighted by molar-refractivity contribution is 5.93. The molecule has 128 valence electrons. The van der Waals surface area contributed by atoms with Gasteiger partial charge in [0, 0.05) is 42.8 Å². The van der Waals surface area contributed by atoms with Crippen molar-refractivity contribution in [3.8, 4) is 0 Å². The second-order valence-corrected chi connectivity index (χ2v) is 6.44. The van der Waals surface area contributed by atoms with Gasteiger partial charge in [0.15, 0.2) is 11.3 Å². The Balaban J connectivity index is 1.51. The summed E-state index contributed by atoms with van der Waals surface area (Å²) in [5.74, 6) is 0.0175. The first kappa shape index (κ1) is 15.7. The zero-order chi connectivity index (χ0) is 17.2.